The number of primary sulfonamides is 1. The minimum atomic E-state index is -3.74. The van der Waals surface area contributed by atoms with Crippen LogP contribution in [0.15, 0.2) is 64.9 Å². The first-order valence-corrected chi connectivity index (χ1v) is 11.9. The van der Waals surface area contributed by atoms with Crippen molar-refractivity contribution in [1.82, 2.24) is 4.98 Å². The van der Waals surface area contributed by atoms with Gasteiger partial charge in [-0.3, -0.25) is 0 Å². The molecule has 0 fully saturated rings. The molecule has 2 aromatic carbocycles. The molecule has 0 saturated heterocycles. The number of rotatable bonds is 4. The lowest BCUT2D eigenvalue weighted by atomic mass is 10.1. The van der Waals surface area contributed by atoms with E-state index in [0.717, 1.165) is 31.6 Å². The Bertz CT molecular complexity index is 1260. The molecule has 2 heterocycles. The molecule has 4 nitrogen and oxygen atoms in total. The van der Waals surface area contributed by atoms with Crippen LogP contribution in [0.5, 0.6) is 0 Å². The molecule has 0 unspecified atom stereocenters. The smallest absolute Gasteiger partial charge is 0.235 e. The van der Waals surface area contributed by atoms with E-state index in [1.54, 1.807) is 34.8 Å². The summed E-state index contributed by atoms with van der Waals surface area (Å²) in [6, 6.07) is 16.2. The highest BCUT2D eigenvalue weighted by Crippen LogP contribution is 2.44. The van der Waals surface area contributed by atoms with Gasteiger partial charge in [0.15, 0.2) is 0 Å². The number of thiophene rings is 1. The summed E-state index contributed by atoms with van der Waals surface area (Å²) in [5.74, 6) is 0. The maximum atomic E-state index is 11.5. The topological polar surface area (TPSA) is 73.0 Å². The quantitative estimate of drug-likeness (QED) is 0.429. The first kappa shape index (κ1) is 19.3. The maximum absolute atomic E-state index is 11.5. The van der Waals surface area contributed by atoms with Gasteiger partial charge >= 0.3 is 0 Å². The lowest BCUT2D eigenvalue weighted by Gasteiger charge is -2.03. The Hall–Kier alpha value is -2.03. The third-order valence-electron chi connectivity index (χ3n) is 4.14. The first-order valence-electron chi connectivity index (χ1n) is 8.27. The van der Waals surface area contributed by atoms with Crippen LogP contribution in [0.4, 0.5) is 0 Å². The van der Waals surface area contributed by atoms with Gasteiger partial charge in [-0.1, -0.05) is 41.9 Å². The van der Waals surface area contributed by atoms with Crippen LogP contribution < -0.4 is 5.14 Å². The number of hydrogen-bond acceptors (Lipinski definition) is 5. The highest BCUT2D eigenvalue weighted by Gasteiger charge is 2.19. The highest BCUT2D eigenvalue weighted by molar-refractivity contribution is 7.89. The second-order valence-corrected chi connectivity index (χ2v) is 10.1. The molecule has 0 spiro atoms. The van der Waals surface area contributed by atoms with Crippen LogP contribution in [0.25, 0.3) is 31.6 Å². The van der Waals surface area contributed by atoms with Crippen molar-refractivity contribution >= 4 is 44.3 Å². The number of aromatic nitrogens is 1. The summed E-state index contributed by atoms with van der Waals surface area (Å²) in [6.45, 7) is 2.05. The summed E-state index contributed by atoms with van der Waals surface area (Å²) >= 11 is 9.60. The number of benzene rings is 2. The molecule has 0 aliphatic rings. The van der Waals surface area contributed by atoms with E-state index in [1.807, 2.05) is 24.3 Å². The number of halogens is 1. The van der Waals surface area contributed by atoms with E-state index < -0.39 is 10.0 Å². The molecule has 0 atom stereocenters. The van der Waals surface area contributed by atoms with Gasteiger partial charge < -0.3 is 0 Å². The Morgan fingerprint density at radius 1 is 1.07 bits per heavy atom. The van der Waals surface area contributed by atoms with Crippen molar-refractivity contribution in [3.05, 3.63) is 70.6 Å². The van der Waals surface area contributed by atoms with Crippen LogP contribution in [-0.2, 0) is 10.0 Å². The Morgan fingerprint density at radius 2 is 1.79 bits per heavy atom. The van der Waals surface area contributed by atoms with Gasteiger partial charge in [0, 0.05) is 16.0 Å². The van der Waals surface area contributed by atoms with E-state index in [4.69, 9.17) is 21.7 Å². The molecule has 8 heteroatoms. The van der Waals surface area contributed by atoms with Gasteiger partial charge in [-0.15, -0.1) is 22.7 Å². The van der Waals surface area contributed by atoms with Gasteiger partial charge in [-0.05, 0) is 42.1 Å². The molecule has 28 heavy (non-hydrogen) atoms. The SMILES string of the molecule is Cc1csc(-c2sc(-c3ccccc3Cl)nc2-c2ccc(S(N)(=O)=O)cc2)c1. The standard InChI is InChI=1S/C20H15ClN2O2S3/c1-12-10-17(26-11-12)19-18(13-6-8-14(9-7-13)28(22,24)25)23-20(27-19)15-4-2-3-5-16(15)21/h2-11H,1H3,(H2,22,24,25). The molecule has 0 bridgehead atoms. The van der Waals surface area contributed by atoms with Crippen LogP contribution in [-0.4, -0.2) is 13.4 Å². The summed E-state index contributed by atoms with van der Waals surface area (Å²) in [5, 5.41) is 8.76. The molecule has 4 aromatic rings. The average molecular weight is 447 g/mol. The van der Waals surface area contributed by atoms with Crippen LogP contribution in [0.3, 0.4) is 0 Å². The fourth-order valence-electron chi connectivity index (χ4n) is 2.79. The van der Waals surface area contributed by atoms with Crippen molar-refractivity contribution in [3.8, 4) is 31.6 Å². The summed E-state index contributed by atoms with van der Waals surface area (Å²) in [4.78, 5) is 7.06. The fourth-order valence-corrected chi connectivity index (χ4v) is 5.73. The number of aryl methyl sites for hydroxylation is 1. The predicted molar refractivity (Wildman–Crippen MR) is 117 cm³/mol. The summed E-state index contributed by atoms with van der Waals surface area (Å²) < 4.78 is 23.1. The number of hydrogen-bond donors (Lipinski definition) is 1. The largest absolute Gasteiger partial charge is 0.238 e. The molecule has 0 saturated carbocycles. The molecule has 0 aliphatic carbocycles. The third-order valence-corrected chi connectivity index (χ3v) is 7.72. The van der Waals surface area contributed by atoms with Crippen molar-refractivity contribution in [3.63, 3.8) is 0 Å². The number of thiazole rings is 1. The second kappa shape index (κ2) is 7.42. The molecule has 142 valence electrons. The Kier molecular flexibility index (Phi) is 5.11. The zero-order valence-corrected chi connectivity index (χ0v) is 17.9. The summed E-state index contributed by atoms with van der Waals surface area (Å²) in [6.07, 6.45) is 0. The fraction of sp³-hybridized carbons (Fsp3) is 0.0500. The van der Waals surface area contributed by atoms with Gasteiger partial charge in [0.05, 0.1) is 20.5 Å². The maximum Gasteiger partial charge on any atom is 0.238 e. The van der Waals surface area contributed by atoms with E-state index in [9.17, 15) is 8.42 Å². The molecule has 2 N–H and O–H groups in total. The number of nitrogens with two attached hydrogens (primary N) is 1. The van der Waals surface area contributed by atoms with E-state index >= 15 is 0 Å². The van der Waals surface area contributed by atoms with Gasteiger partial charge in [0.25, 0.3) is 0 Å². The monoisotopic (exact) mass is 446 g/mol. The minimum Gasteiger partial charge on any atom is -0.235 e. The molecular formula is C20H15ClN2O2S3. The third kappa shape index (κ3) is 3.76. The average Bonchev–Trinajstić information content (AvgIpc) is 3.28. The van der Waals surface area contributed by atoms with E-state index in [1.165, 1.54) is 17.7 Å². The zero-order valence-electron chi connectivity index (χ0n) is 14.7. The Morgan fingerprint density at radius 3 is 2.39 bits per heavy atom. The molecule has 4 rings (SSSR count). The van der Waals surface area contributed by atoms with Crippen molar-refractivity contribution in [2.24, 2.45) is 5.14 Å². The van der Waals surface area contributed by atoms with Crippen LogP contribution >= 0.6 is 34.3 Å². The molecule has 0 radical (unpaired) electrons. The van der Waals surface area contributed by atoms with Crippen molar-refractivity contribution in [2.75, 3.05) is 0 Å². The van der Waals surface area contributed by atoms with E-state index in [-0.39, 0.29) is 4.90 Å². The predicted octanol–water partition coefficient (Wildman–Crippen LogP) is 5.81. The Labute approximate surface area is 176 Å². The zero-order chi connectivity index (χ0) is 19.9. The van der Waals surface area contributed by atoms with Crippen LogP contribution in [0, 0.1) is 6.92 Å². The first-order chi connectivity index (χ1) is 13.3. The van der Waals surface area contributed by atoms with Gasteiger partial charge in [0.2, 0.25) is 10.0 Å². The van der Waals surface area contributed by atoms with Gasteiger partial charge in [-0.25, -0.2) is 18.5 Å². The van der Waals surface area contributed by atoms with Crippen LogP contribution in [0.1, 0.15) is 5.56 Å². The summed E-state index contributed by atoms with van der Waals surface area (Å²) in [5.41, 5.74) is 3.67. The van der Waals surface area contributed by atoms with E-state index in [0.29, 0.717) is 5.02 Å². The molecule has 0 amide bonds. The number of nitrogens with zero attached hydrogens (tertiary/aromatic N) is 1. The Balaban J connectivity index is 1.89. The number of sulfonamides is 1. The van der Waals surface area contributed by atoms with Gasteiger partial charge in [-0.2, -0.15) is 0 Å². The van der Waals surface area contributed by atoms with Crippen LogP contribution in [0.2, 0.25) is 5.02 Å². The minimum absolute atomic E-state index is 0.0753. The summed E-state index contributed by atoms with van der Waals surface area (Å²) in [7, 11) is -3.74. The molecule has 0 aliphatic heterocycles. The molecular weight excluding hydrogens is 432 g/mol. The lowest BCUT2D eigenvalue weighted by Crippen LogP contribution is -2.11. The lowest BCUT2D eigenvalue weighted by molar-refractivity contribution is 0.598. The van der Waals surface area contributed by atoms with Crippen molar-refractivity contribution in [2.45, 2.75) is 11.8 Å². The second-order valence-electron chi connectivity index (χ2n) is 6.23. The highest BCUT2D eigenvalue weighted by atomic mass is 35.5. The van der Waals surface area contributed by atoms with Crippen molar-refractivity contribution < 1.29 is 8.42 Å². The van der Waals surface area contributed by atoms with E-state index in [2.05, 4.69) is 18.4 Å². The van der Waals surface area contributed by atoms with Crippen molar-refractivity contribution in [1.29, 1.82) is 0 Å². The van der Waals surface area contributed by atoms with Gasteiger partial charge in [0.1, 0.15) is 5.01 Å². The normalized spacial score (nSPS) is 11.7. The molecule has 2 aromatic heterocycles.